The molecule has 86 valence electrons. The second-order valence-corrected chi connectivity index (χ2v) is 4.25. The maximum absolute atomic E-state index is 13.1. The molecule has 1 fully saturated rings. The maximum Gasteiger partial charge on any atom is 0.305 e. The van der Waals surface area contributed by atoms with E-state index in [1.165, 1.54) is 25.0 Å². The minimum Gasteiger partial charge on any atom is -0.324 e. The van der Waals surface area contributed by atoms with Crippen molar-refractivity contribution in [1.82, 2.24) is 0 Å². The van der Waals surface area contributed by atoms with Gasteiger partial charge in [0.2, 0.25) is 5.82 Å². The van der Waals surface area contributed by atoms with Gasteiger partial charge in [-0.2, -0.15) is 4.39 Å². The summed E-state index contributed by atoms with van der Waals surface area (Å²) in [6.07, 6.45) is 3.18. The molecule has 4 nitrogen and oxygen atoms in total. The van der Waals surface area contributed by atoms with Crippen LogP contribution in [0.5, 0.6) is 0 Å². The molecule has 0 saturated heterocycles. The topological polar surface area (TPSA) is 69.2 Å². The molecule has 0 bridgehead atoms. The Labute approximate surface area is 92.4 Å². The Hall–Kier alpha value is -1.49. The fraction of sp³-hybridized carbons (Fsp3) is 0.455. The van der Waals surface area contributed by atoms with Crippen molar-refractivity contribution in [1.29, 1.82) is 0 Å². The lowest BCUT2D eigenvalue weighted by molar-refractivity contribution is -0.387. The third-order valence-electron chi connectivity index (χ3n) is 2.88. The van der Waals surface area contributed by atoms with Crippen molar-refractivity contribution in [3.8, 4) is 0 Å². The monoisotopic (exact) mass is 224 g/mol. The molecule has 1 aliphatic carbocycles. The number of nitro groups is 1. The molecule has 2 N–H and O–H groups in total. The second kappa shape index (κ2) is 4.17. The Bertz CT molecular complexity index is 418. The van der Waals surface area contributed by atoms with Gasteiger partial charge in [-0.15, -0.1) is 0 Å². The number of nitrogens with zero attached hydrogens (tertiary/aromatic N) is 1. The van der Waals surface area contributed by atoms with Crippen LogP contribution >= 0.6 is 0 Å². The van der Waals surface area contributed by atoms with Crippen LogP contribution in [0.25, 0.3) is 0 Å². The van der Waals surface area contributed by atoms with Crippen LogP contribution in [-0.2, 0) is 0 Å². The van der Waals surface area contributed by atoms with Crippen LogP contribution in [0.4, 0.5) is 10.1 Å². The lowest BCUT2D eigenvalue weighted by Gasteiger charge is -2.10. The second-order valence-electron chi connectivity index (χ2n) is 4.25. The van der Waals surface area contributed by atoms with E-state index in [9.17, 15) is 14.5 Å². The molecule has 1 aromatic rings. The van der Waals surface area contributed by atoms with Crippen LogP contribution in [0.15, 0.2) is 18.2 Å². The summed E-state index contributed by atoms with van der Waals surface area (Å²) in [5.41, 5.74) is 6.05. The Balaban J connectivity index is 2.20. The van der Waals surface area contributed by atoms with Crippen molar-refractivity contribution in [2.24, 2.45) is 11.7 Å². The molecule has 0 aliphatic heterocycles. The van der Waals surface area contributed by atoms with Gasteiger partial charge in [0.25, 0.3) is 0 Å². The van der Waals surface area contributed by atoms with Gasteiger partial charge in [0.05, 0.1) is 4.92 Å². The van der Waals surface area contributed by atoms with Gasteiger partial charge in [-0.1, -0.05) is 18.9 Å². The van der Waals surface area contributed by atoms with E-state index in [2.05, 4.69) is 0 Å². The van der Waals surface area contributed by atoms with Crippen molar-refractivity contribution in [2.75, 3.05) is 0 Å². The lowest BCUT2D eigenvalue weighted by Crippen LogP contribution is -2.11. The fourth-order valence-corrected chi connectivity index (χ4v) is 1.75. The summed E-state index contributed by atoms with van der Waals surface area (Å²) in [5, 5.41) is 10.6. The average molecular weight is 224 g/mol. The van der Waals surface area contributed by atoms with Gasteiger partial charge in [-0.05, 0) is 24.0 Å². The summed E-state index contributed by atoms with van der Waals surface area (Å²) in [4.78, 5) is 9.84. The molecule has 16 heavy (non-hydrogen) atoms. The molecule has 1 atom stereocenters. The van der Waals surface area contributed by atoms with Gasteiger partial charge in [0, 0.05) is 12.1 Å². The van der Waals surface area contributed by atoms with Crippen molar-refractivity contribution < 1.29 is 9.31 Å². The van der Waals surface area contributed by atoms with E-state index in [4.69, 9.17) is 5.73 Å². The van der Waals surface area contributed by atoms with Crippen molar-refractivity contribution in [3.05, 3.63) is 39.7 Å². The van der Waals surface area contributed by atoms with E-state index < -0.39 is 16.4 Å². The third-order valence-corrected chi connectivity index (χ3v) is 2.88. The molecule has 2 rings (SSSR count). The number of rotatable bonds is 4. The number of hydrogen-bond acceptors (Lipinski definition) is 3. The lowest BCUT2D eigenvalue weighted by atomic mass is 10.0. The molecular weight excluding hydrogens is 211 g/mol. The summed E-state index contributed by atoms with van der Waals surface area (Å²) >= 11 is 0. The zero-order valence-corrected chi connectivity index (χ0v) is 8.73. The van der Waals surface area contributed by atoms with Gasteiger partial charge in [0.1, 0.15) is 0 Å². The number of halogens is 1. The molecule has 0 unspecified atom stereocenters. The zero-order chi connectivity index (χ0) is 11.7. The van der Waals surface area contributed by atoms with E-state index in [-0.39, 0.29) is 6.04 Å². The summed E-state index contributed by atoms with van der Waals surface area (Å²) < 4.78 is 13.1. The van der Waals surface area contributed by atoms with Crippen LogP contribution in [0.2, 0.25) is 0 Å². The number of hydrogen-bond donors (Lipinski definition) is 1. The number of benzene rings is 1. The van der Waals surface area contributed by atoms with E-state index >= 15 is 0 Å². The molecule has 0 aromatic heterocycles. The predicted octanol–water partition coefficient (Wildman–Crippen LogP) is 2.53. The zero-order valence-electron chi connectivity index (χ0n) is 8.73. The Kier molecular flexibility index (Phi) is 2.87. The Morgan fingerprint density at radius 1 is 1.56 bits per heavy atom. The van der Waals surface area contributed by atoms with Crippen molar-refractivity contribution >= 4 is 5.69 Å². The third kappa shape index (κ3) is 2.36. The van der Waals surface area contributed by atoms with E-state index in [0.717, 1.165) is 12.5 Å². The largest absolute Gasteiger partial charge is 0.324 e. The van der Waals surface area contributed by atoms with E-state index in [1.807, 2.05) is 0 Å². The summed E-state index contributed by atoms with van der Waals surface area (Å²) in [7, 11) is 0. The highest BCUT2D eigenvalue weighted by atomic mass is 19.1. The van der Waals surface area contributed by atoms with Gasteiger partial charge in [-0.25, -0.2) is 0 Å². The van der Waals surface area contributed by atoms with E-state index in [0.29, 0.717) is 11.5 Å². The molecule has 1 aliphatic rings. The molecule has 5 heteroatoms. The predicted molar refractivity (Wildman–Crippen MR) is 57.3 cm³/mol. The summed E-state index contributed by atoms with van der Waals surface area (Å²) in [6.45, 7) is 0. The Morgan fingerprint density at radius 2 is 2.25 bits per heavy atom. The minimum absolute atomic E-state index is 0.230. The summed E-state index contributed by atoms with van der Waals surface area (Å²) in [5.74, 6) is -0.175. The van der Waals surface area contributed by atoms with Crippen LogP contribution < -0.4 is 5.73 Å². The quantitative estimate of drug-likeness (QED) is 0.631. The first-order valence-electron chi connectivity index (χ1n) is 5.27. The summed E-state index contributed by atoms with van der Waals surface area (Å²) in [6, 6.07) is 3.64. The van der Waals surface area contributed by atoms with Crippen LogP contribution in [0.3, 0.4) is 0 Å². The average Bonchev–Trinajstić information content (AvgIpc) is 3.01. The highest BCUT2D eigenvalue weighted by Crippen LogP contribution is 2.37. The first-order valence-corrected chi connectivity index (χ1v) is 5.27. The molecule has 1 aromatic carbocycles. The van der Waals surface area contributed by atoms with Gasteiger partial charge >= 0.3 is 5.69 Å². The van der Waals surface area contributed by atoms with Crippen LogP contribution in [-0.4, -0.2) is 4.92 Å². The fourth-order valence-electron chi connectivity index (χ4n) is 1.75. The first kappa shape index (κ1) is 11.0. The molecule has 0 radical (unpaired) electrons. The van der Waals surface area contributed by atoms with Crippen molar-refractivity contribution in [3.63, 3.8) is 0 Å². The maximum atomic E-state index is 13.1. The van der Waals surface area contributed by atoms with Gasteiger partial charge in [-0.3, -0.25) is 10.1 Å². The normalized spacial score (nSPS) is 17.1. The SMILES string of the molecule is N[C@H](CC1CC1)c1ccc(F)c([N+](=O)[O-])c1. The van der Waals surface area contributed by atoms with E-state index in [1.54, 1.807) is 0 Å². The minimum atomic E-state index is -0.813. The molecule has 0 amide bonds. The molecular formula is C11H13FN2O2. The molecule has 0 spiro atoms. The van der Waals surface area contributed by atoms with Gasteiger partial charge < -0.3 is 5.73 Å². The highest BCUT2D eigenvalue weighted by Gasteiger charge is 2.25. The Morgan fingerprint density at radius 3 is 2.81 bits per heavy atom. The highest BCUT2D eigenvalue weighted by molar-refractivity contribution is 5.37. The van der Waals surface area contributed by atoms with Gasteiger partial charge in [0.15, 0.2) is 0 Å². The first-order chi connectivity index (χ1) is 7.58. The smallest absolute Gasteiger partial charge is 0.305 e. The van der Waals surface area contributed by atoms with Crippen LogP contribution in [0, 0.1) is 21.8 Å². The van der Waals surface area contributed by atoms with Crippen molar-refractivity contribution in [2.45, 2.75) is 25.3 Å². The number of nitro benzene ring substituents is 1. The standard InChI is InChI=1S/C11H13FN2O2/c12-9-4-3-8(6-11(9)14(15)16)10(13)5-7-1-2-7/h3-4,6-7,10H,1-2,5,13H2/t10-/m1/s1. The number of nitrogens with two attached hydrogens (primary N) is 1. The van der Waals surface area contributed by atoms with Crippen LogP contribution in [0.1, 0.15) is 30.9 Å². The molecule has 0 heterocycles. The molecule has 1 saturated carbocycles.